The highest BCUT2D eigenvalue weighted by Gasteiger charge is 2.16. The van der Waals surface area contributed by atoms with Gasteiger partial charge in [-0.25, -0.2) is 9.78 Å². The average Bonchev–Trinajstić information content (AvgIpc) is 3.13. The molecule has 4 rings (SSSR count). The van der Waals surface area contributed by atoms with Gasteiger partial charge in [0.15, 0.2) is 5.13 Å². The number of benzene rings is 3. The lowest BCUT2D eigenvalue weighted by molar-refractivity contribution is 0.262. The van der Waals surface area contributed by atoms with E-state index >= 15 is 0 Å². The summed E-state index contributed by atoms with van der Waals surface area (Å²) in [4.78, 5) is 18.1. The summed E-state index contributed by atoms with van der Waals surface area (Å²) in [7, 11) is 0. The molecule has 2 amide bonds. The molecule has 0 atom stereocenters. The van der Waals surface area contributed by atoms with E-state index in [0.717, 1.165) is 21.7 Å². The zero-order chi connectivity index (χ0) is 19.3. The molecule has 3 aromatic carbocycles. The first kappa shape index (κ1) is 18.2. The molecule has 6 heteroatoms. The first-order valence-electron chi connectivity index (χ1n) is 8.64. The molecule has 4 nitrogen and oxygen atoms in total. The van der Waals surface area contributed by atoms with Gasteiger partial charge in [0, 0.05) is 16.3 Å². The van der Waals surface area contributed by atoms with Gasteiger partial charge in [0.2, 0.25) is 0 Å². The van der Waals surface area contributed by atoms with Crippen molar-refractivity contribution in [2.24, 2.45) is 0 Å². The van der Waals surface area contributed by atoms with Crippen LogP contribution in [0.4, 0.5) is 15.6 Å². The van der Waals surface area contributed by atoms with Crippen molar-refractivity contribution in [1.29, 1.82) is 0 Å². The van der Waals surface area contributed by atoms with Gasteiger partial charge in [0.1, 0.15) is 0 Å². The van der Waals surface area contributed by atoms with E-state index in [-0.39, 0.29) is 6.03 Å². The first-order chi connectivity index (χ1) is 13.7. The number of carbonyl (C=O) groups is 1. The number of carbonyl (C=O) groups excluding carboxylic acids is 1. The Morgan fingerprint density at radius 3 is 2.18 bits per heavy atom. The van der Waals surface area contributed by atoms with Crippen molar-refractivity contribution in [1.82, 2.24) is 4.98 Å². The topological polar surface area (TPSA) is 54.0 Å². The van der Waals surface area contributed by atoms with E-state index in [1.807, 2.05) is 60.7 Å². The second kappa shape index (κ2) is 8.25. The molecule has 2 N–H and O–H groups in total. The Morgan fingerprint density at radius 2 is 1.50 bits per heavy atom. The van der Waals surface area contributed by atoms with E-state index in [4.69, 9.17) is 11.6 Å². The fourth-order valence-corrected chi connectivity index (χ4v) is 3.95. The van der Waals surface area contributed by atoms with Crippen LogP contribution in [0.5, 0.6) is 0 Å². The van der Waals surface area contributed by atoms with Crippen LogP contribution in [0.3, 0.4) is 0 Å². The molecule has 28 heavy (non-hydrogen) atoms. The number of rotatable bonds is 4. The zero-order valence-corrected chi connectivity index (χ0v) is 16.3. The third-order valence-corrected chi connectivity index (χ3v) is 5.27. The van der Waals surface area contributed by atoms with Crippen molar-refractivity contribution in [2.45, 2.75) is 0 Å². The Bertz CT molecular complexity index is 1040. The molecule has 1 heterocycles. The van der Waals surface area contributed by atoms with Crippen molar-refractivity contribution in [2.75, 3.05) is 10.6 Å². The summed E-state index contributed by atoms with van der Waals surface area (Å²) < 4.78 is 0. The van der Waals surface area contributed by atoms with E-state index in [2.05, 4.69) is 15.6 Å². The Kier molecular flexibility index (Phi) is 5.37. The van der Waals surface area contributed by atoms with Crippen LogP contribution in [-0.4, -0.2) is 11.0 Å². The molecule has 138 valence electrons. The van der Waals surface area contributed by atoms with Gasteiger partial charge in [-0.2, -0.15) is 0 Å². The van der Waals surface area contributed by atoms with Crippen molar-refractivity contribution in [3.63, 3.8) is 0 Å². The number of hydrogen-bond donors (Lipinski definition) is 2. The molecular formula is C22H16ClN3OS. The lowest BCUT2D eigenvalue weighted by Gasteiger charge is -2.05. The molecule has 0 radical (unpaired) electrons. The first-order valence-corrected chi connectivity index (χ1v) is 9.84. The molecular weight excluding hydrogens is 390 g/mol. The standard InChI is InChI=1S/C22H16ClN3OS/c23-17-12-7-13-18(14-17)24-21(27)26-22-25-19(15-8-3-1-4-9-15)20(28-22)16-10-5-2-6-11-16/h1-14H,(H2,24,25,26,27). The summed E-state index contributed by atoms with van der Waals surface area (Å²) >= 11 is 7.41. The Labute approximate surface area is 171 Å². The molecule has 1 aromatic heterocycles. The largest absolute Gasteiger partial charge is 0.325 e. The Hall–Kier alpha value is -3.15. The van der Waals surface area contributed by atoms with Gasteiger partial charge in [-0.1, -0.05) is 89.7 Å². The molecule has 0 aliphatic rings. The molecule has 0 unspecified atom stereocenters. The maximum Gasteiger partial charge on any atom is 0.325 e. The number of thiazole rings is 1. The fourth-order valence-electron chi connectivity index (χ4n) is 2.78. The summed E-state index contributed by atoms with van der Waals surface area (Å²) in [5.74, 6) is 0. The quantitative estimate of drug-likeness (QED) is 0.393. The number of hydrogen-bond acceptors (Lipinski definition) is 3. The van der Waals surface area contributed by atoms with Gasteiger partial charge in [-0.15, -0.1) is 0 Å². The maximum atomic E-state index is 12.4. The van der Waals surface area contributed by atoms with Crippen LogP contribution in [0, 0.1) is 0 Å². The molecule has 0 aliphatic heterocycles. The van der Waals surface area contributed by atoms with Crippen LogP contribution < -0.4 is 10.6 Å². The third-order valence-electron chi connectivity index (χ3n) is 4.01. The van der Waals surface area contributed by atoms with E-state index in [1.165, 1.54) is 11.3 Å². The lowest BCUT2D eigenvalue weighted by atomic mass is 10.1. The number of urea groups is 1. The minimum absolute atomic E-state index is 0.366. The smallest absolute Gasteiger partial charge is 0.308 e. The van der Waals surface area contributed by atoms with Gasteiger partial charge in [-0.05, 0) is 23.8 Å². The second-order valence-corrected chi connectivity index (χ2v) is 7.45. The maximum absolute atomic E-state index is 12.4. The summed E-state index contributed by atoms with van der Waals surface area (Å²) in [5, 5.41) is 6.68. The lowest BCUT2D eigenvalue weighted by Crippen LogP contribution is -2.19. The van der Waals surface area contributed by atoms with Crippen molar-refractivity contribution in [3.8, 4) is 21.7 Å². The normalized spacial score (nSPS) is 10.5. The highest BCUT2D eigenvalue weighted by Crippen LogP contribution is 2.38. The fraction of sp³-hybridized carbons (Fsp3) is 0. The minimum atomic E-state index is -0.366. The van der Waals surface area contributed by atoms with Crippen LogP contribution in [0.2, 0.25) is 5.02 Å². The van der Waals surface area contributed by atoms with Crippen molar-refractivity contribution < 1.29 is 4.79 Å². The predicted molar refractivity (Wildman–Crippen MR) is 117 cm³/mol. The van der Waals surface area contributed by atoms with Crippen LogP contribution in [0.25, 0.3) is 21.7 Å². The van der Waals surface area contributed by atoms with E-state index < -0.39 is 0 Å². The highest BCUT2D eigenvalue weighted by molar-refractivity contribution is 7.19. The summed E-state index contributed by atoms with van der Waals surface area (Å²) in [6.45, 7) is 0. The van der Waals surface area contributed by atoms with Crippen LogP contribution >= 0.6 is 22.9 Å². The van der Waals surface area contributed by atoms with Crippen LogP contribution in [0.15, 0.2) is 84.9 Å². The number of nitrogens with zero attached hydrogens (tertiary/aromatic N) is 1. The molecule has 4 aromatic rings. The van der Waals surface area contributed by atoms with Gasteiger partial charge < -0.3 is 5.32 Å². The highest BCUT2D eigenvalue weighted by atomic mass is 35.5. The number of halogens is 1. The average molecular weight is 406 g/mol. The van der Waals surface area contributed by atoms with E-state index in [9.17, 15) is 4.79 Å². The number of amides is 2. The van der Waals surface area contributed by atoms with Gasteiger partial charge in [-0.3, -0.25) is 5.32 Å². The molecule has 0 saturated heterocycles. The monoisotopic (exact) mass is 405 g/mol. The Balaban J connectivity index is 1.63. The van der Waals surface area contributed by atoms with Crippen LogP contribution in [-0.2, 0) is 0 Å². The van der Waals surface area contributed by atoms with E-state index in [1.54, 1.807) is 24.3 Å². The summed E-state index contributed by atoms with van der Waals surface area (Å²) in [5.41, 5.74) is 3.52. The van der Waals surface area contributed by atoms with Crippen molar-refractivity contribution in [3.05, 3.63) is 90.0 Å². The zero-order valence-electron chi connectivity index (χ0n) is 14.7. The molecule has 0 spiro atoms. The third kappa shape index (κ3) is 4.22. The van der Waals surface area contributed by atoms with Gasteiger partial charge >= 0.3 is 6.03 Å². The minimum Gasteiger partial charge on any atom is -0.308 e. The SMILES string of the molecule is O=C(Nc1cccc(Cl)c1)Nc1nc(-c2ccccc2)c(-c2ccccc2)s1. The number of anilines is 2. The molecule has 0 saturated carbocycles. The summed E-state index contributed by atoms with van der Waals surface area (Å²) in [6, 6.07) is 26.6. The molecule has 0 bridgehead atoms. The van der Waals surface area contributed by atoms with Gasteiger partial charge in [0.05, 0.1) is 10.6 Å². The van der Waals surface area contributed by atoms with Crippen LogP contribution in [0.1, 0.15) is 0 Å². The second-order valence-electron chi connectivity index (χ2n) is 6.02. The number of nitrogens with one attached hydrogen (secondary N) is 2. The molecule has 0 aliphatic carbocycles. The van der Waals surface area contributed by atoms with E-state index in [0.29, 0.717) is 15.8 Å². The number of aromatic nitrogens is 1. The Morgan fingerprint density at radius 1 is 0.821 bits per heavy atom. The van der Waals surface area contributed by atoms with Gasteiger partial charge in [0.25, 0.3) is 0 Å². The predicted octanol–water partition coefficient (Wildman–Crippen LogP) is 6.77. The molecule has 0 fully saturated rings. The summed E-state index contributed by atoms with van der Waals surface area (Å²) in [6.07, 6.45) is 0. The van der Waals surface area contributed by atoms with Crippen molar-refractivity contribution >= 4 is 39.8 Å².